The maximum absolute atomic E-state index is 12.7. The summed E-state index contributed by atoms with van der Waals surface area (Å²) < 4.78 is 5.11. The van der Waals surface area contributed by atoms with Crippen molar-refractivity contribution in [2.75, 3.05) is 13.7 Å². The molecule has 0 spiro atoms. The second kappa shape index (κ2) is 7.44. The number of rotatable bonds is 4. The van der Waals surface area contributed by atoms with Crippen LogP contribution in [0.4, 0.5) is 5.69 Å². The SMILES string of the molecule is CCN1C(=O)/C(=C/c2cccc(OC)c2O)SC1=Nc1ccccc1. The average Bonchev–Trinajstić information content (AvgIpc) is 2.92. The molecule has 0 aromatic heterocycles. The molecule has 0 atom stereocenters. The summed E-state index contributed by atoms with van der Waals surface area (Å²) >= 11 is 1.30. The second-order valence-electron chi connectivity index (χ2n) is 5.29. The number of ether oxygens (including phenoxy) is 1. The largest absolute Gasteiger partial charge is 0.504 e. The molecule has 6 heteroatoms. The fraction of sp³-hybridized carbons (Fsp3) is 0.158. The minimum absolute atomic E-state index is 0.0161. The van der Waals surface area contributed by atoms with Gasteiger partial charge in [-0.15, -0.1) is 0 Å². The van der Waals surface area contributed by atoms with Gasteiger partial charge in [0, 0.05) is 12.1 Å². The maximum atomic E-state index is 12.7. The Morgan fingerprint density at radius 3 is 2.64 bits per heavy atom. The van der Waals surface area contributed by atoms with E-state index in [1.54, 1.807) is 29.2 Å². The van der Waals surface area contributed by atoms with Crippen molar-refractivity contribution in [3.05, 3.63) is 59.0 Å². The van der Waals surface area contributed by atoms with Gasteiger partial charge in [-0.2, -0.15) is 0 Å². The van der Waals surface area contributed by atoms with Gasteiger partial charge >= 0.3 is 0 Å². The molecule has 128 valence electrons. The van der Waals surface area contributed by atoms with E-state index in [9.17, 15) is 9.90 Å². The average molecular weight is 354 g/mol. The van der Waals surface area contributed by atoms with Crippen LogP contribution >= 0.6 is 11.8 Å². The Kier molecular flexibility index (Phi) is 5.09. The van der Waals surface area contributed by atoms with Crippen molar-refractivity contribution >= 4 is 34.6 Å². The summed E-state index contributed by atoms with van der Waals surface area (Å²) in [6.07, 6.45) is 1.67. The van der Waals surface area contributed by atoms with Crippen LogP contribution in [0.15, 0.2) is 58.4 Å². The Bertz CT molecular complexity index is 847. The highest BCUT2D eigenvalue weighted by Gasteiger charge is 2.32. The first-order valence-corrected chi connectivity index (χ1v) is 8.66. The number of carbonyl (C=O) groups is 1. The fourth-order valence-corrected chi connectivity index (χ4v) is 3.50. The first-order valence-electron chi connectivity index (χ1n) is 7.85. The van der Waals surface area contributed by atoms with Gasteiger partial charge in [0.15, 0.2) is 16.7 Å². The number of methoxy groups -OCH3 is 1. The molecule has 1 heterocycles. The van der Waals surface area contributed by atoms with E-state index in [0.717, 1.165) is 5.69 Å². The summed E-state index contributed by atoms with van der Waals surface area (Å²) in [6.45, 7) is 2.43. The standard InChI is InChI=1S/C19H18N2O3S/c1-3-21-18(23)16(12-13-8-7-11-15(24-2)17(13)22)25-19(21)20-14-9-5-4-6-10-14/h4-12,22H,3H2,1-2H3/b16-12-,20-19?. The number of hydrogen-bond acceptors (Lipinski definition) is 5. The van der Waals surface area contributed by atoms with E-state index in [2.05, 4.69) is 4.99 Å². The predicted molar refractivity (Wildman–Crippen MR) is 101 cm³/mol. The first-order chi connectivity index (χ1) is 12.1. The van der Waals surface area contributed by atoms with E-state index in [1.165, 1.54) is 18.9 Å². The molecule has 1 amide bonds. The van der Waals surface area contributed by atoms with Crippen LogP contribution in [0.5, 0.6) is 11.5 Å². The Hall–Kier alpha value is -2.73. The van der Waals surface area contributed by atoms with Crippen molar-refractivity contribution in [2.24, 2.45) is 4.99 Å². The van der Waals surface area contributed by atoms with Crippen molar-refractivity contribution < 1.29 is 14.6 Å². The van der Waals surface area contributed by atoms with Gasteiger partial charge < -0.3 is 9.84 Å². The number of amides is 1. The molecule has 1 N–H and O–H groups in total. The van der Waals surface area contributed by atoms with Crippen LogP contribution in [-0.4, -0.2) is 34.7 Å². The van der Waals surface area contributed by atoms with Gasteiger partial charge in [0.2, 0.25) is 0 Å². The van der Waals surface area contributed by atoms with Crippen molar-refractivity contribution in [3.63, 3.8) is 0 Å². The van der Waals surface area contributed by atoms with E-state index in [4.69, 9.17) is 4.74 Å². The molecule has 25 heavy (non-hydrogen) atoms. The zero-order valence-corrected chi connectivity index (χ0v) is 14.8. The van der Waals surface area contributed by atoms with E-state index in [-0.39, 0.29) is 11.7 Å². The lowest BCUT2D eigenvalue weighted by molar-refractivity contribution is -0.122. The fourth-order valence-electron chi connectivity index (χ4n) is 2.44. The van der Waals surface area contributed by atoms with Crippen molar-refractivity contribution in [2.45, 2.75) is 6.92 Å². The summed E-state index contributed by atoms with van der Waals surface area (Å²) in [5.74, 6) is 0.266. The molecule has 1 saturated heterocycles. The molecule has 1 aliphatic rings. The van der Waals surface area contributed by atoms with Crippen LogP contribution in [0.1, 0.15) is 12.5 Å². The summed E-state index contributed by atoms with van der Waals surface area (Å²) in [5.41, 5.74) is 1.33. The van der Waals surface area contributed by atoms with Gasteiger partial charge in [-0.3, -0.25) is 9.69 Å². The molecule has 3 rings (SSSR count). The zero-order chi connectivity index (χ0) is 17.8. The highest BCUT2D eigenvalue weighted by molar-refractivity contribution is 8.18. The molecule has 0 saturated carbocycles. The molecule has 0 bridgehead atoms. The van der Waals surface area contributed by atoms with Crippen LogP contribution in [0, 0.1) is 0 Å². The lowest BCUT2D eigenvalue weighted by Gasteiger charge is -2.11. The quantitative estimate of drug-likeness (QED) is 0.842. The topological polar surface area (TPSA) is 62.1 Å². The van der Waals surface area contributed by atoms with E-state index in [1.807, 2.05) is 37.3 Å². The summed E-state index contributed by atoms with van der Waals surface area (Å²) in [6, 6.07) is 14.7. The first kappa shape index (κ1) is 17.1. The lowest BCUT2D eigenvalue weighted by atomic mass is 10.1. The zero-order valence-electron chi connectivity index (χ0n) is 14.0. The number of para-hydroxylation sites is 2. The molecule has 0 unspecified atom stereocenters. The van der Waals surface area contributed by atoms with Crippen LogP contribution in [0.25, 0.3) is 6.08 Å². The Morgan fingerprint density at radius 1 is 1.20 bits per heavy atom. The molecule has 0 radical (unpaired) electrons. The van der Waals surface area contributed by atoms with Gasteiger partial charge in [-0.1, -0.05) is 30.3 Å². The minimum atomic E-state index is -0.121. The number of amidine groups is 1. The highest BCUT2D eigenvalue weighted by atomic mass is 32.2. The molecule has 2 aromatic rings. The number of phenols is 1. The molecule has 1 aliphatic heterocycles. The van der Waals surface area contributed by atoms with Crippen LogP contribution < -0.4 is 4.74 Å². The van der Waals surface area contributed by atoms with E-state index < -0.39 is 0 Å². The molecule has 1 fully saturated rings. The van der Waals surface area contributed by atoms with E-state index in [0.29, 0.717) is 27.9 Å². The maximum Gasteiger partial charge on any atom is 0.266 e. The van der Waals surface area contributed by atoms with Gasteiger partial charge in [0.05, 0.1) is 17.7 Å². The van der Waals surface area contributed by atoms with Gasteiger partial charge in [-0.05, 0) is 43.0 Å². The molecule has 0 aliphatic carbocycles. The third-order valence-electron chi connectivity index (χ3n) is 3.72. The number of benzene rings is 2. The van der Waals surface area contributed by atoms with Gasteiger partial charge in [-0.25, -0.2) is 4.99 Å². The lowest BCUT2D eigenvalue weighted by Crippen LogP contribution is -2.28. The number of aliphatic imine (C=N–C) groups is 1. The minimum Gasteiger partial charge on any atom is -0.504 e. The summed E-state index contributed by atoms with van der Waals surface area (Å²) in [4.78, 5) is 19.4. The molecule has 2 aromatic carbocycles. The van der Waals surface area contributed by atoms with Gasteiger partial charge in [0.1, 0.15) is 0 Å². The number of thioether (sulfide) groups is 1. The Morgan fingerprint density at radius 2 is 1.96 bits per heavy atom. The predicted octanol–water partition coefficient (Wildman–Crippen LogP) is 4.02. The second-order valence-corrected chi connectivity index (χ2v) is 6.30. The van der Waals surface area contributed by atoms with Gasteiger partial charge in [0.25, 0.3) is 5.91 Å². The third kappa shape index (κ3) is 3.53. The summed E-state index contributed by atoms with van der Waals surface area (Å²) in [5, 5.41) is 10.9. The third-order valence-corrected chi connectivity index (χ3v) is 4.73. The van der Waals surface area contributed by atoms with Crippen LogP contribution in [0.2, 0.25) is 0 Å². The Balaban J connectivity index is 1.96. The number of aromatic hydroxyl groups is 1. The number of phenolic OH excluding ortho intramolecular Hbond substituents is 1. The normalized spacial score (nSPS) is 17.5. The number of likely N-dealkylation sites (N-methyl/N-ethyl adjacent to an activating group) is 1. The van der Waals surface area contributed by atoms with E-state index >= 15 is 0 Å². The molecular formula is C19H18N2O3S. The highest BCUT2D eigenvalue weighted by Crippen LogP contribution is 2.37. The molecule has 5 nitrogen and oxygen atoms in total. The van der Waals surface area contributed by atoms with Crippen molar-refractivity contribution in [3.8, 4) is 11.5 Å². The Labute approximate surface area is 150 Å². The van der Waals surface area contributed by atoms with Crippen LogP contribution in [-0.2, 0) is 4.79 Å². The monoisotopic (exact) mass is 354 g/mol. The number of hydrogen-bond donors (Lipinski definition) is 1. The van der Waals surface area contributed by atoms with Crippen molar-refractivity contribution in [1.29, 1.82) is 0 Å². The smallest absolute Gasteiger partial charge is 0.266 e. The number of carbonyl (C=O) groups excluding carboxylic acids is 1. The van der Waals surface area contributed by atoms with Crippen molar-refractivity contribution in [1.82, 2.24) is 4.90 Å². The number of nitrogens with zero attached hydrogens (tertiary/aromatic N) is 2. The summed E-state index contributed by atoms with van der Waals surface area (Å²) in [7, 11) is 1.49. The van der Waals surface area contributed by atoms with Crippen LogP contribution in [0.3, 0.4) is 0 Å². The molecular weight excluding hydrogens is 336 g/mol.